The molecule has 1 nitrogen and oxygen atoms in total. The van der Waals surface area contributed by atoms with E-state index in [1.165, 1.54) is 19.3 Å². The minimum atomic E-state index is 0.394. The lowest BCUT2D eigenvalue weighted by Gasteiger charge is -2.28. The highest BCUT2D eigenvalue weighted by Gasteiger charge is 2.33. The Morgan fingerprint density at radius 2 is 2.27 bits per heavy atom. The molecule has 0 aromatic rings. The molecule has 0 amide bonds. The number of rotatable bonds is 1. The maximum atomic E-state index is 9.10. The monoisotopic (exact) mass is 152 g/mol. The fraction of sp³-hybridized carbons (Fsp3) is 0.800. The molecular formula is C10H16O. The van der Waals surface area contributed by atoms with Crippen molar-refractivity contribution in [1.29, 1.82) is 0 Å². The van der Waals surface area contributed by atoms with Gasteiger partial charge in [-0.1, -0.05) is 18.6 Å². The van der Waals surface area contributed by atoms with Crippen LogP contribution in [0.25, 0.3) is 0 Å². The third-order valence-electron chi connectivity index (χ3n) is 3.29. The van der Waals surface area contributed by atoms with Crippen LogP contribution in [0.2, 0.25) is 0 Å². The number of aliphatic hydroxyl groups is 1. The maximum absolute atomic E-state index is 9.10. The van der Waals surface area contributed by atoms with Gasteiger partial charge in [-0.15, -0.1) is 0 Å². The zero-order valence-corrected chi connectivity index (χ0v) is 6.87. The summed E-state index contributed by atoms with van der Waals surface area (Å²) in [5.41, 5.74) is 0. The van der Waals surface area contributed by atoms with Gasteiger partial charge in [-0.2, -0.15) is 0 Å². The standard InChI is InChI=1S/C10H16O/c11-7-9-5-1-3-8-4-2-6-10(8)9/h1,3,8-11H,2,4-7H2/t8-,9-,10+/m1/s1. The Labute approximate surface area is 68.1 Å². The van der Waals surface area contributed by atoms with Gasteiger partial charge in [-0.25, -0.2) is 0 Å². The summed E-state index contributed by atoms with van der Waals surface area (Å²) >= 11 is 0. The summed E-state index contributed by atoms with van der Waals surface area (Å²) in [7, 11) is 0. The highest BCUT2D eigenvalue weighted by Crippen LogP contribution is 2.41. The first-order valence-corrected chi connectivity index (χ1v) is 4.69. The van der Waals surface area contributed by atoms with Crippen molar-refractivity contribution in [3.63, 3.8) is 0 Å². The molecule has 0 unspecified atom stereocenters. The Balaban J connectivity index is 2.09. The van der Waals surface area contributed by atoms with Crippen LogP contribution in [0.15, 0.2) is 12.2 Å². The molecule has 1 fully saturated rings. The SMILES string of the molecule is OC[C@H]1CC=C[C@@H]2CCC[C@H]12. The van der Waals surface area contributed by atoms with Crippen LogP contribution < -0.4 is 0 Å². The van der Waals surface area contributed by atoms with Gasteiger partial charge in [-0.05, 0) is 37.0 Å². The average molecular weight is 152 g/mol. The number of fused-ring (bicyclic) bond motifs is 1. The van der Waals surface area contributed by atoms with Gasteiger partial charge in [-0.3, -0.25) is 0 Å². The van der Waals surface area contributed by atoms with Crippen molar-refractivity contribution in [2.24, 2.45) is 17.8 Å². The minimum Gasteiger partial charge on any atom is -0.396 e. The molecule has 2 aliphatic rings. The van der Waals surface area contributed by atoms with E-state index in [1.807, 2.05) is 0 Å². The first-order valence-electron chi connectivity index (χ1n) is 4.69. The molecule has 2 aliphatic carbocycles. The second-order valence-electron chi connectivity index (χ2n) is 3.87. The van der Waals surface area contributed by atoms with Gasteiger partial charge < -0.3 is 5.11 Å². The molecule has 2 rings (SSSR count). The summed E-state index contributed by atoms with van der Waals surface area (Å²) in [5.74, 6) is 2.19. The molecule has 0 saturated heterocycles. The number of hydrogen-bond donors (Lipinski definition) is 1. The zero-order valence-electron chi connectivity index (χ0n) is 6.87. The normalized spacial score (nSPS) is 42.5. The first-order chi connectivity index (χ1) is 5.42. The molecule has 62 valence electrons. The molecule has 1 N–H and O–H groups in total. The van der Waals surface area contributed by atoms with E-state index in [0.29, 0.717) is 12.5 Å². The summed E-state index contributed by atoms with van der Waals surface area (Å²) in [6.45, 7) is 0.394. The van der Waals surface area contributed by atoms with Gasteiger partial charge in [0, 0.05) is 6.61 Å². The number of hydrogen-bond acceptors (Lipinski definition) is 1. The van der Waals surface area contributed by atoms with Crippen molar-refractivity contribution >= 4 is 0 Å². The van der Waals surface area contributed by atoms with Crippen LogP contribution in [0.3, 0.4) is 0 Å². The van der Waals surface area contributed by atoms with Crippen molar-refractivity contribution in [3.8, 4) is 0 Å². The molecule has 0 heterocycles. The molecule has 0 bridgehead atoms. The molecule has 0 aromatic carbocycles. The van der Waals surface area contributed by atoms with Crippen LogP contribution in [0, 0.1) is 17.8 Å². The summed E-state index contributed by atoms with van der Waals surface area (Å²) < 4.78 is 0. The van der Waals surface area contributed by atoms with Crippen molar-refractivity contribution in [2.45, 2.75) is 25.7 Å². The molecular weight excluding hydrogens is 136 g/mol. The smallest absolute Gasteiger partial charge is 0.0465 e. The lowest BCUT2D eigenvalue weighted by molar-refractivity contribution is 0.156. The van der Waals surface area contributed by atoms with Crippen molar-refractivity contribution < 1.29 is 5.11 Å². The summed E-state index contributed by atoms with van der Waals surface area (Å²) in [5, 5.41) is 9.10. The van der Waals surface area contributed by atoms with E-state index in [2.05, 4.69) is 12.2 Å². The molecule has 11 heavy (non-hydrogen) atoms. The van der Waals surface area contributed by atoms with E-state index in [4.69, 9.17) is 5.11 Å². The fourth-order valence-corrected chi connectivity index (χ4v) is 2.65. The van der Waals surface area contributed by atoms with E-state index in [-0.39, 0.29) is 0 Å². The predicted octanol–water partition coefficient (Wildman–Crippen LogP) is 1.97. The van der Waals surface area contributed by atoms with Crippen LogP contribution >= 0.6 is 0 Å². The molecule has 3 atom stereocenters. The topological polar surface area (TPSA) is 20.2 Å². The van der Waals surface area contributed by atoms with Gasteiger partial charge in [0.1, 0.15) is 0 Å². The third kappa shape index (κ3) is 1.22. The Bertz CT molecular complexity index is 162. The maximum Gasteiger partial charge on any atom is 0.0465 e. The molecule has 0 aliphatic heterocycles. The van der Waals surface area contributed by atoms with Crippen LogP contribution in [0.4, 0.5) is 0 Å². The van der Waals surface area contributed by atoms with Crippen LogP contribution in [0.1, 0.15) is 25.7 Å². The van der Waals surface area contributed by atoms with Gasteiger partial charge in [0.05, 0.1) is 0 Å². The van der Waals surface area contributed by atoms with Crippen LogP contribution in [-0.2, 0) is 0 Å². The molecule has 0 radical (unpaired) electrons. The molecule has 0 aromatic heterocycles. The van der Waals surface area contributed by atoms with Crippen molar-refractivity contribution in [2.75, 3.05) is 6.61 Å². The molecule has 1 saturated carbocycles. The van der Waals surface area contributed by atoms with Crippen LogP contribution in [0.5, 0.6) is 0 Å². The third-order valence-corrected chi connectivity index (χ3v) is 3.29. The highest BCUT2D eigenvalue weighted by molar-refractivity contribution is 5.02. The second kappa shape index (κ2) is 2.98. The average Bonchev–Trinajstić information content (AvgIpc) is 2.50. The van der Waals surface area contributed by atoms with E-state index in [0.717, 1.165) is 18.3 Å². The summed E-state index contributed by atoms with van der Waals surface area (Å²) in [6.07, 6.45) is 9.81. The zero-order chi connectivity index (χ0) is 7.68. The Morgan fingerprint density at radius 3 is 3.09 bits per heavy atom. The Hall–Kier alpha value is -0.300. The fourth-order valence-electron chi connectivity index (χ4n) is 2.65. The van der Waals surface area contributed by atoms with E-state index >= 15 is 0 Å². The number of allylic oxidation sites excluding steroid dienone is 2. The lowest BCUT2D eigenvalue weighted by atomic mass is 9.78. The summed E-state index contributed by atoms with van der Waals surface area (Å²) in [6, 6.07) is 0. The van der Waals surface area contributed by atoms with Crippen LogP contribution in [-0.4, -0.2) is 11.7 Å². The van der Waals surface area contributed by atoms with Gasteiger partial charge in [0.25, 0.3) is 0 Å². The Morgan fingerprint density at radius 1 is 1.36 bits per heavy atom. The van der Waals surface area contributed by atoms with Crippen molar-refractivity contribution in [1.82, 2.24) is 0 Å². The molecule has 0 spiro atoms. The second-order valence-corrected chi connectivity index (χ2v) is 3.87. The number of aliphatic hydroxyl groups excluding tert-OH is 1. The Kier molecular flexibility index (Phi) is 1.99. The predicted molar refractivity (Wildman–Crippen MR) is 45.2 cm³/mol. The van der Waals surface area contributed by atoms with E-state index in [1.54, 1.807) is 0 Å². The van der Waals surface area contributed by atoms with E-state index < -0.39 is 0 Å². The summed E-state index contributed by atoms with van der Waals surface area (Å²) in [4.78, 5) is 0. The first kappa shape index (κ1) is 7.35. The van der Waals surface area contributed by atoms with Crippen molar-refractivity contribution in [3.05, 3.63) is 12.2 Å². The lowest BCUT2D eigenvalue weighted by Crippen LogP contribution is -2.23. The highest BCUT2D eigenvalue weighted by atomic mass is 16.3. The largest absolute Gasteiger partial charge is 0.396 e. The van der Waals surface area contributed by atoms with Gasteiger partial charge in [0.2, 0.25) is 0 Å². The quantitative estimate of drug-likeness (QED) is 0.569. The van der Waals surface area contributed by atoms with Gasteiger partial charge >= 0.3 is 0 Å². The van der Waals surface area contributed by atoms with E-state index in [9.17, 15) is 0 Å². The molecule has 1 heteroatoms. The minimum absolute atomic E-state index is 0.394. The van der Waals surface area contributed by atoms with Gasteiger partial charge in [0.15, 0.2) is 0 Å².